The number of rotatable bonds is 9. The molecule has 2 aromatic heterocycles. The van der Waals surface area contributed by atoms with Crippen LogP contribution in [0.25, 0.3) is 22.5 Å². The van der Waals surface area contributed by atoms with Crippen molar-refractivity contribution in [3.05, 3.63) is 65.7 Å². The summed E-state index contributed by atoms with van der Waals surface area (Å²) in [6.07, 6.45) is 9.99. The predicted molar refractivity (Wildman–Crippen MR) is 120 cm³/mol. The van der Waals surface area contributed by atoms with E-state index in [4.69, 9.17) is 16.5 Å². The van der Waals surface area contributed by atoms with E-state index in [1.807, 2.05) is 22.9 Å². The quantitative estimate of drug-likeness (QED) is 0.420. The SMILES string of the molecule is C#CCCc1nc(CCCC)nn1Cc1ccc(-c2ccccc2-c2nnn[nH]2)cc1. The van der Waals surface area contributed by atoms with E-state index in [-0.39, 0.29) is 0 Å². The van der Waals surface area contributed by atoms with Crippen LogP contribution in [0.4, 0.5) is 0 Å². The highest BCUT2D eigenvalue weighted by molar-refractivity contribution is 5.80. The lowest BCUT2D eigenvalue weighted by atomic mass is 9.98. The Morgan fingerprint density at radius 3 is 2.55 bits per heavy atom. The second-order valence-electron chi connectivity index (χ2n) is 7.40. The molecule has 0 fully saturated rings. The molecule has 156 valence electrons. The third-order valence-corrected chi connectivity index (χ3v) is 5.16. The Labute approximate surface area is 181 Å². The summed E-state index contributed by atoms with van der Waals surface area (Å²) in [5.74, 6) is 5.22. The zero-order valence-corrected chi connectivity index (χ0v) is 17.6. The van der Waals surface area contributed by atoms with Crippen LogP contribution < -0.4 is 0 Å². The molecule has 0 bridgehead atoms. The molecule has 2 aromatic carbocycles. The summed E-state index contributed by atoms with van der Waals surface area (Å²) in [4.78, 5) is 4.72. The average molecular weight is 412 g/mol. The minimum atomic E-state index is 0.653. The summed E-state index contributed by atoms with van der Waals surface area (Å²) in [7, 11) is 0. The number of hydrogen-bond donors (Lipinski definition) is 1. The Bertz CT molecular complexity index is 1150. The minimum Gasteiger partial charge on any atom is -0.245 e. The van der Waals surface area contributed by atoms with Crippen LogP contribution in [0.1, 0.15) is 43.4 Å². The normalized spacial score (nSPS) is 10.8. The minimum absolute atomic E-state index is 0.653. The van der Waals surface area contributed by atoms with Gasteiger partial charge in [0.05, 0.1) is 6.54 Å². The number of tetrazole rings is 1. The average Bonchev–Trinajstić information content (AvgIpc) is 3.47. The maximum atomic E-state index is 5.46. The molecule has 0 amide bonds. The molecule has 0 aliphatic rings. The van der Waals surface area contributed by atoms with Crippen LogP contribution in [0, 0.1) is 12.3 Å². The van der Waals surface area contributed by atoms with Crippen molar-refractivity contribution in [2.24, 2.45) is 0 Å². The zero-order valence-electron chi connectivity index (χ0n) is 17.6. The van der Waals surface area contributed by atoms with E-state index in [1.54, 1.807) is 0 Å². The Morgan fingerprint density at radius 2 is 1.84 bits per heavy atom. The van der Waals surface area contributed by atoms with Crippen LogP contribution in [-0.2, 0) is 19.4 Å². The zero-order chi connectivity index (χ0) is 21.5. The summed E-state index contributed by atoms with van der Waals surface area (Å²) in [5, 5.41) is 19.0. The molecule has 0 saturated heterocycles. The van der Waals surface area contributed by atoms with E-state index in [0.717, 1.165) is 59.6 Å². The molecule has 0 spiro atoms. The van der Waals surface area contributed by atoms with Crippen molar-refractivity contribution in [1.29, 1.82) is 0 Å². The summed E-state index contributed by atoms with van der Waals surface area (Å²) in [5.41, 5.74) is 4.31. The first-order chi connectivity index (χ1) is 15.3. The molecule has 31 heavy (non-hydrogen) atoms. The van der Waals surface area contributed by atoms with E-state index >= 15 is 0 Å². The number of terminal acetylenes is 1. The number of benzene rings is 2. The smallest absolute Gasteiger partial charge is 0.180 e. The van der Waals surface area contributed by atoms with E-state index in [1.165, 1.54) is 0 Å². The van der Waals surface area contributed by atoms with Crippen LogP contribution in [0.3, 0.4) is 0 Å². The van der Waals surface area contributed by atoms with Gasteiger partial charge in [-0.2, -0.15) is 5.10 Å². The Balaban J connectivity index is 1.56. The van der Waals surface area contributed by atoms with Crippen molar-refractivity contribution in [3.8, 4) is 34.9 Å². The molecule has 1 N–H and O–H groups in total. The van der Waals surface area contributed by atoms with Gasteiger partial charge in [-0.15, -0.1) is 17.4 Å². The van der Waals surface area contributed by atoms with Crippen molar-refractivity contribution in [1.82, 2.24) is 35.4 Å². The number of aromatic nitrogens is 7. The number of nitrogens with zero attached hydrogens (tertiary/aromatic N) is 6. The van der Waals surface area contributed by atoms with Gasteiger partial charge >= 0.3 is 0 Å². The number of aromatic amines is 1. The summed E-state index contributed by atoms with van der Waals surface area (Å²) >= 11 is 0. The van der Waals surface area contributed by atoms with Crippen LogP contribution >= 0.6 is 0 Å². The lowest BCUT2D eigenvalue weighted by molar-refractivity contribution is 0.627. The van der Waals surface area contributed by atoms with Gasteiger partial charge in [0.15, 0.2) is 11.6 Å². The van der Waals surface area contributed by atoms with E-state index in [9.17, 15) is 0 Å². The standard InChI is InChI=1S/C24H25N7/c1-3-5-11-22-25-23(12-6-4-2)31(28-22)17-18-13-15-19(16-14-18)20-9-7-8-10-21(20)24-26-29-30-27-24/h2,7-10,13-16H,3,5-6,11-12,17H2,1H3,(H,26,27,29,30). The van der Waals surface area contributed by atoms with Crippen LogP contribution in [-0.4, -0.2) is 35.4 Å². The molecule has 0 aliphatic carbocycles. The second-order valence-corrected chi connectivity index (χ2v) is 7.40. The van der Waals surface area contributed by atoms with Gasteiger partial charge in [-0.1, -0.05) is 61.9 Å². The van der Waals surface area contributed by atoms with Gasteiger partial charge in [0.2, 0.25) is 0 Å². The number of unbranched alkanes of at least 4 members (excludes halogenated alkanes) is 1. The monoisotopic (exact) mass is 411 g/mol. The fourth-order valence-electron chi connectivity index (χ4n) is 3.54. The second kappa shape index (κ2) is 9.81. The molecule has 7 heteroatoms. The summed E-state index contributed by atoms with van der Waals surface area (Å²) in [6.45, 7) is 2.85. The van der Waals surface area contributed by atoms with Gasteiger partial charge in [0.25, 0.3) is 0 Å². The summed E-state index contributed by atoms with van der Waals surface area (Å²) in [6, 6.07) is 16.6. The molecule has 0 radical (unpaired) electrons. The van der Waals surface area contributed by atoms with E-state index in [0.29, 0.717) is 18.8 Å². The molecular formula is C24H25N7. The topological polar surface area (TPSA) is 85.2 Å². The molecule has 7 nitrogen and oxygen atoms in total. The Kier molecular flexibility index (Phi) is 6.48. The van der Waals surface area contributed by atoms with Crippen LogP contribution in [0.2, 0.25) is 0 Å². The fraction of sp³-hybridized carbons (Fsp3) is 0.292. The van der Waals surface area contributed by atoms with Crippen molar-refractivity contribution in [3.63, 3.8) is 0 Å². The maximum absolute atomic E-state index is 5.46. The van der Waals surface area contributed by atoms with Crippen molar-refractivity contribution in [2.45, 2.75) is 45.6 Å². The number of nitrogens with one attached hydrogen (secondary N) is 1. The van der Waals surface area contributed by atoms with E-state index in [2.05, 4.69) is 63.8 Å². The lowest BCUT2D eigenvalue weighted by Gasteiger charge is -2.09. The molecular weight excluding hydrogens is 386 g/mol. The Morgan fingerprint density at radius 1 is 1.03 bits per heavy atom. The highest BCUT2D eigenvalue weighted by Gasteiger charge is 2.12. The van der Waals surface area contributed by atoms with Gasteiger partial charge in [-0.25, -0.2) is 14.8 Å². The molecule has 4 rings (SSSR count). The van der Waals surface area contributed by atoms with Gasteiger partial charge in [0.1, 0.15) is 5.82 Å². The third kappa shape index (κ3) is 4.86. The van der Waals surface area contributed by atoms with Crippen LogP contribution in [0.5, 0.6) is 0 Å². The Hall–Kier alpha value is -3.79. The number of aryl methyl sites for hydroxylation is 2. The van der Waals surface area contributed by atoms with Crippen molar-refractivity contribution in [2.75, 3.05) is 0 Å². The van der Waals surface area contributed by atoms with Gasteiger partial charge in [-0.3, -0.25) is 0 Å². The molecule has 0 saturated carbocycles. The highest BCUT2D eigenvalue weighted by Crippen LogP contribution is 2.29. The first-order valence-electron chi connectivity index (χ1n) is 10.6. The molecule has 2 heterocycles. The van der Waals surface area contributed by atoms with Crippen LogP contribution in [0.15, 0.2) is 48.5 Å². The van der Waals surface area contributed by atoms with Gasteiger partial charge in [0, 0.05) is 24.8 Å². The van der Waals surface area contributed by atoms with Gasteiger partial charge < -0.3 is 0 Å². The maximum Gasteiger partial charge on any atom is 0.180 e. The van der Waals surface area contributed by atoms with Crippen molar-refractivity contribution >= 4 is 0 Å². The lowest BCUT2D eigenvalue weighted by Crippen LogP contribution is -2.07. The third-order valence-electron chi connectivity index (χ3n) is 5.16. The fourth-order valence-corrected chi connectivity index (χ4v) is 3.54. The molecule has 0 atom stereocenters. The first-order valence-corrected chi connectivity index (χ1v) is 10.6. The molecule has 0 unspecified atom stereocenters. The predicted octanol–water partition coefficient (Wildman–Crippen LogP) is 4.08. The summed E-state index contributed by atoms with van der Waals surface area (Å²) < 4.78 is 1.99. The number of H-pyrrole nitrogens is 1. The first kappa shape index (κ1) is 20.5. The molecule has 0 aliphatic heterocycles. The highest BCUT2D eigenvalue weighted by atomic mass is 15.5. The van der Waals surface area contributed by atoms with E-state index < -0.39 is 0 Å². The van der Waals surface area contributed by atoms with Crippen molar-refractivity contribution < 1.29 is 0 Å². The largest absolute Gasteiger partial charge is 0.245 e. The molecule has 4 aromatic rings. The number of hydrogen-bond acceptors (Lipinski definition) is 5. The van der Waals surface area contributed by atoms with Gasteiger partial charge in [-0.05, 0) is 33.5 Å².